The number of carbonyl (C=O) groups is 2. The number of rotatable bonds is 6. The van der Waals surface area contributed by atoms with Crippen molar-refractivity contribution in [1.29, 1.82) is 0 Å². The van der Waals surface area contributed by atoms with Crippen molar-refractivity contribution < 1.29 is 19.1 Å². The molecule has 1 amide bonds. The number of nitrogens with zero attached hydrogens (tertiary/aromatic N) is 1. The van der Waals surface area contributed by atoms with Crippen LogP contribution in [0.4, 0.5) is 0 Å². The summed E-state index contributed by atoms with van der Waals surface area (Å²) in [4.78, 5) is 25.8. The summed E-state index contributed by atoms with van der Waals surface area (Å²) < 4.78 is 10.6. The number of benzene rings is 2. The number of ether oxygens (including phenoxy) is 2. The van der Waals surface area contributed by atoms with E-state index in [1.54, 1.807) is 17.1 Å². The van der Waals surface area contributed by atoms with Crippen LogP contribution in [0.1, 0.15) is 24.0 Å². The fourth-order valence-electron chi connectivity index (χ4n) is 3.23. The highest BCUT2D eigenvalue weighted by molar-refractivity contribution is 5.92. The quantitative estimate of drug-likeness (QED) is 0.567. The average Bonchev–Trinajstić information content (AvgIpc) is 2.77. The van der Waals surface area contributed by atoms with E-state index in [1.807, 2.05) is 54.6 Å². The highest BCUT2D eigenvalue weighted by Crippen LogP contribution is 2.19. The molecule has 5 heteroatoms. The van der Waals surface area contributed by atoms with Crippen molar-refractivity contribution in [3.05, 3.63) is 71.8 Å². The molecule has 28 heavy (non-hydrogen) atoms. The van der Waals surface area contributed by atoms with E-state index in [0.29, 0.717) is 19.7 Å². The molecule has 0 aromatic heterocycles. The van der Waals surface area contributed by atoms with Gasteiger partial charge in [0.05, 0.1) is 13.0 Å². The Labute approximate surface area is 165 Å². The number of esters is 1. The maximum absolute atomic E-state index is 12.4. The molecule has 1 aliphatic heterocycles. The van der Waals surface area contributed by atoms with Crippen LogP contribution < -0.4 is 4.74 Å². The number of amides is 1. The summed E-state index contributed by atoms with van der Waals surface area (Å²) in [7, 11) is 1.39. The maximum atomic E-state index is 12.4. The van der Waals surface area contributed by atoms with Crippen LogP contribution in [0.15, 0.2) is 60.7 Å². The van der Waals surface area contributed by atoms with Crippen LogP contribution in [0.25, 0.3) is 6.08 Å². The van der Waals surface area contributed by atoms with Gasteiger partial charge in [-0.15, -0.1) is 0 Å². The molecule has 1 saturated heterocycles. The van der Waals surface area contributed by atoms with E-state index in [-0.39, 0.29) is 17.8 Å². The van der Waals surface area contributed by atoms with Crippen LogP contribution in [-0.4, -0.2) is 37.0 Å². The van der Waals surface area contributed by atoms with Gasteiger partial charge in [0.1, 0.15) is 12.4 Å². The van der Waals surface area contributed by atoms with Gasteiger partial charge in [0, 0.05) is 19.2 Å². The Hall–Kier alpha value is -3.08. The minimum absolute atomic E-state index is 0.0852. The summed E-state index contributed by atoms with van der Waals surface area (Å²) in [6.45, 7) is 1.61. The predicted octanol–water partition coefficient (Wildman–Crippen LogP) is 3.69. The Kier molecular flexibility index (Phi) is 6.84. The largest absolute Gasteiger partial charge is 0.489 e. The van der Waals surface area contributed by atoms with Gasteiger partial charge in [-0.1, -0.05) is 42.5 Å². The van der Waals surface area contributed by atoms with Gasteiger partial charge >= 0.3 is 5.97 Å². The zero-order valence-electron chi connectivity index (χ0n) is 16.0. The first kappa shape index (κ1) is 19.7. The van der Waals surface area contributed by atoms with Crippen molar-refractivity contribution in [1.82, 2.24) is 4.90 Å². The van der Waals surface area contributed by atoms with Gasteiger partial charge in [0.15, 0.2) is 0 Å². The van der Waals surface area contributed by atoms with E-state index in [4.69, 9.17) is 9.47 Å². The maximum Gasteiger partial charge on any atom is 0.310 e. The van der Waals surface area contributed by atoms with Gasteiger partial charge in [-0.3, -0.25) is 9.59 Å². The SMILES string of the molecule is COC(=O)C1CCCN(C(=O)/C=C/c2ccc(OCc3ccccc3)cc2)C1. The van der Waals surface area contributed by atoms with Crippen molar-refractivity contribution in [2.45, 2.75) is 19.4 Å². The summed E-state index contributed by atoms with van der Waals surface area (Å²) in [5.74, 6) is 0.229. The van der Waals surface area contributed by atoms with Gasteiger partial charge in [-0.25, -0.2) is 0 Å². The first-order valence-electron chi connectivity index (χ1n) is 9.47. The monoisotopic (exact) mass is 379 g/mol. The molecule has 2 aromatic carbocycles. The van der Waals surface area contributed by atoms with E-state index in [1.165, 1.54) is 7.11 Å². The molecular weight excluding hydrogens is 354 g/mol. The van der Waals surface area contributed by atoms with Crippen LogP contribution in [0, 0.1) is 5.92 Å². The van der Waals surface area contributed by atoms with Crippen molar-refractivity contribution in [2.75, 3.05) is 20.2 Å². The fraction of sp³-hybridized carbons (Fsp3) is 0.304. The van der Waals surface area contributed by atoms with Gasteiger partial charge in [0.25, 0.3) is 0 Å². The molecule has 0 bridgehead atoms. The fourth-order valence-corrected chi connectivity index (χ4v) is 3.23. The lowest BCUT2D eigenvalue weighted by Gasteiger charge is -2.30. The number of hydrogen-bond donors (Lipinski definition) is 0. The molecule has 0 N–H and O–H groups in total. The summed E-state index contributed by atoms with van der Waals surface area (Å²) in [6, 6.07) is 17.6. The molecule has 2 aromatic rings. The lowest BCUT2D eigenvalue weighted by atomic mass is 9.98. The van der Waals surface area contributed by atoms with Crippen LogP contribution in [0.5, 0.6) is 5.75 Å². The summed E-state index contributed by atoms with van der Waals surface area (Å²) >= 11 is 0. The number of carbonyl (C=O) groups excluding carboxylic acids is 2. The van der Waals surface area contributed by atoms with Crippen molar-refractivity contribution in [3.63, 3.8) is 0 Å². The van der Waals surface area contributed by atoms with Crippen LogP contribution >= 0.6 is 0 Å². The molecule has 1 fully saturated rings. The molecule has 1 unspecified atom stereocenters. The molecular formula is C23H25NO4. The van der Waals surface area contributed by atoms with E-state index < -0.39 is 0 Å². The minimum atomic E-state index is -0.243. The number of likely N-dealkylation sites (tertiary alicyclic amines) is 1. The third-order valence-electron chi connectivity index (χ3n) is 4.81. The topological polar surface area (TPSA) is 55.8 Å². The van der Waals surface area contributed by atoms with Crippen molar-refractivity contribution >= 4 is 18.0 Å². The molecule has 146 valence electrons. The molecule has 1 heterocycles. The Balaban J connectivity index is 1.52. The van der Waals surface area contributed by atoms with Crippen LogP contribution in [-0.2, 0) is 20.9 Å². The Morgan fingerprint density at radius 3 is 2.57 bits per heavy atom. The van der Waals surface area contributed by atoms with Crippen LogP contribution in [0.3, 0.4) is 0 Å². The van der Waals surface area contributed by atoms with Crippen molar-refractivity contribution in [2.24, 2.45) is 5.92 Å². The third-order valence-corrected chi connectivity index (χ3v) is 4.81. The predicted molar refractivity (Wildman–Crippen MR) is 108 cm³/mol. The second-order valence-corrected chi connectivity index (χ2v) is 6.82. The first-order chi connectivity index (χ1) is 13.7. The van der Waals surface area contributed by atoms with E-state index in [2.05, 4.69) is 0 Å². The highest BCUT2D eigenvalue weighted by atomic mass is 16.5. The molecule has 1 atom stereocenters. The normalized spacial score (nSPS) is 16.8. The average molecular weight is 379 g/mol. The van der Waals surface area contributed by atoms with Gasteiger partial charge in [0.2, 0.25) is 5.91 Å². The Bertz CT molecular complexity index is 814. The van der Waals surface area contributed by atoms with Crippen LogP contribution in [0.2, 0.25) is 0 Å². The standard InChI is InChI=1S/C23H25NO4/c1-27-23(26)20-8-5-15-24(16-20)22(25)14-11-18-9-12-21(13-10-18)28-17-19-6-3-2-4-7-19/h2-4,6-7,9-14,20H,5,8,15-17H2,1H3/b14-11+. The van der Waals surface area contributed by atoms with E-state index in [0.717, 1.165) is 29.7 Å². The van der Waals surface area contributed by atoms with Gasteiger partial charge in [-0.2, -0.15) is 0 Å². The summed E-state index contributed by atoms with van der Waals surface area (Å²) in [5, 5.41) is 0. The zero-order chi connectivity index (χ0) is 19.8. The first-order valence-corrected chi connectivity index (χ1v) is 9.47. The molecule has 3 rings (SSSR count). The molecule has 1 aliphatic rings. The summed E-state index contributed by atoms with van der Waals surface area (Å²) in [6.07, 6.45) is 4.92. The molecule has 0 radical (unpaired) electrons. The zero-order valence-corrected chi connectivity index (χ0v) is 16.0. The second-order valence-electron chi connectivity index (χ2n) is 6.82. The molecule has 0 saturated carbocycles. The Morgan fingerprint density at radius 2 is 1.86 bits per heavy atom. The number of piperidine rings is 1. The highest BCUT2D eigenvalue weighted by Gasteiger charge is 2.28. The number of methoxy groups -OCH3 is 1. The smallest absolute Gasteiger partial charge is 0.310 e. The van der Waals surface area contributed by atoms with Gasteiger partial charge < -0.3 is 14.4 Å². The van der Waals surface area contributed by atoms with E-state index >= 15 is 0 Å². The third kappa shape index (κ3) is 5.46. The Morgan fingerprint density at radius 1 is 1.11 bits per heavy atom. The second kappa shape index (κ2) is 9.74. The lowest BCUT2D eigenvalue weighted by Crippen LogP contribution is -2.41. The molecule has 0 aliphatic carbocycles. The van der Waals surface area contributed by atoms with Gasteiger partial charge in [-0.05, 0) is 42.2 Å². The minimum Gasteiger partial charge on any atom is -0.489 e. The molecule has 5 nitrogen and oxygen atoms in total. The number of hydrogen-bond acceptors (Lipinski definition) is 4. The van der Waals surface area contributed by atoms with Crippen molar-refractivity contribution in [3.8, 4) is 5.75 Å². The summed E-state index contributed by atoms with van der Waals surface area (Å²) in [5.41, 5.74) is 2.03. The van der Waals surface area contributed by atoms with E-state index in [9.17, 15) is 9.59 Å². The molecule has 0 spiro atoms. The lowest BCUT2D eigenvalue weighted by molar-refractivity contribution is -0.148.